The maximum atomic E-state index is 13.0. The number of ether oxygens (including phenoxy) is 1. The normalized spacial score (nSPS) is 15.0. The van der Waals surface area contributed by atoms with Crippen LogP contribution in [0.3, 0.4) is 0 Å². The van der Waals surface area contributed by atoms with Gasteiger partial charge in [-0.2, -0.15) is 0 Å². The molecule has 0 aliphatic carbocycles. The molecule has 1 N–H and O–H groups in total. The van der Waals surface area contributed by atoms with Crippen molar-refractivity contribution in [1.29, 1.82) is 0 Å². The second kappa shape index (κ2) is 11.0. The topological polar surface area (TPSA) is 79.0 Å². The average Bonchev–Trinajstić information content (AvgIpc) is 3.05. The summed E-state index contributed by atoms with van der Waals surface area (Å²) in [5.41, 5.74) is 1.27. The predicted octanol–water partition coefficient (Wildman–Crippen LogP) is 3.51. The number of nitrogens with one attached hydrogen (secondary N) is 1. The van der Waals surface area contributed by atoms with E-state index >= 15 is 0 Å². The summed E-state index contributed by atoms with van der Waals surface area (Å²) in [4.78, 5) is 41.8. The van der Waals surface area contributed by atoms with E-state index in [9.17, 15) is 14.4 Å². The lowest BCUT2D eigenvalue weighted by atomic mass is 10.1. The van der Waals surface area contributed by atoms with Crippen molar-refractivity contribution >= 4 is 35.2 Å². The van der Waals surface area contributed by atoms with Crippen molar-refractivity contribution < 1.29 is 19.1 Å². The number of methoxy groups -OCH3 is 1. The van der Waals surface area contributed by atoms with Crippen LogP contribution in [0.25, 0.3) is 0 Å². The molecule has 0 aromatic heterocycles. The molecule has 2 aromatic carbocycles. The highest BCUT2D eigenvalue weighted by Crippen LogP contribution is 2.26. The van der Waals surface area contributed by atoms with Crippen LogP contribution in [0.2, 0.25) is 0 Å². The van der Waals surface area contributed by atoms with Gasteiger partial charge < -0.3 is 19.9 Å². The van der Waals surface area contributed by atoms with Crippen molar-refractivity contribution in [2.24, 2.45) is 0 Å². The van der Waals surface area contributed by atoms with Crippen LogP contribution in [0, 0.1) is 0 Å². The lowest BCUT2D eigenvalue weighted by Crippen LogP contribution is -2.40. The molecule has 0 bridgehead atoms. The summed E-state index contributed by atoms with van der Waals surface area (Å²) in [6, 6.07) is 14.7. The van der Waals surface area contributed by atoms with E-state index in [1.54, 1.807) is 24.1 Å². The predicted molar refractivity (Wildman–Crippen MR) is 126 cm³/mol. The lowest BCUT2D eigenvalue weighted by Gasteiger charge is -2.25. The summed E-state index contributed by atoms with van der Waals surface area (Å²) in [7, 11) is 1.56. The van der Waals surface area contributed by atoms with Gasteiger partial charge >= 0.3 is 0 Å². The molecule has 0 saturated carbocycles. The molecule has 1 saturated heterocycles. The summed E-state index contributed by atoms with van der Waals surface area (Å²) >= 11 is 1.49. The Bertz CT molecular complexity index is 964. The van der Waals surface area contributed by atoms with Gasteiger partial charge in [-0.05, 0) is 49.7 Å². The molecule has 2 aromatic rings. The number of amides is 3. The molecule has 1 aliphatic rings. The van der Waals surface area contributed by atoms with Gasteiger partial charge in [0.15, 0.2) is 0 Å². The molecule has 32 heavy (non-hydrogen) atoms. The summed E-state index contributed by atoms with van der Waals surface area (Å²) in [6.07, 6.45) is 0.732. The van der Waals surface area contributed by atoms with Crippen molar-refractivity contribution in [3.05, 3.63) is 54.1 Å². The fourth-order valence-electron chi connectivity index (χ4n) is 3.66. The number of rotatable bonds is 6. The molecule has 0 spiro atoms. The Balaban J connectivity index is 1.57. The number of hydrogen-bond acceptors (Lipinski definition) is 5. The Hall–Kier alpha value is -3.00. The molecule has 170 valence electrons. The van der Waals surface area contributed by atoms with Gasteiger partial charge in [-0.25, -0.2) is 0 Å². The zero-order valence-electron chi connectivity index (χ0n) is 18.7. The largest absolute Gasteiger partial charge is 0.496 e. The van der Waals surface area contributed by atoms with Gasteiger partial charge in [0.25, 0.3) is 5.91 Å². The van der Waals surface area contributed by atoms with Crippen LogP contribution in [0.5, 0.6) is 5.75 Å². The Morgan fingerprint density at radius 2 is 1.62 bits per heavy atom. The number of hydrogen-bond donors (Lipinski definition) is 1. The number of nitrogens with zero attached hydrogens (tertiary/aromatic N) is 2. The maximum Gasteiger partial charge on any atom is 0.257 e. The van der Waals surface area contributed by atoms with E-state index < -0.39 is 0 Å². The molecule has 0 radical (unpaired) electrons. The number of anilines is 1. The maximum absolute atomic E-state index is 13.0. The van der Waals surface area contributed by atoms with Crippen LogP contribution in [0.1, 0.15) is 30.6 Å². The van der Waals surface area contributed by atoms with E-state index in [1.165, 1.54) is 18.7 Å². The van der Waals surface area contributed by atoms with E-state index in [-0.39, 0.29) is 23.0 Å². The minimum atomic E-state index is -0.252. The standard InChI is InChI=1S/C24H29N3O4S/c1-17(32-20-11-9-19(10-12-20)25-18(2)28)23(29)26-13-6-14-27(16-15-26)24(30)21-7-4-5-8-22(21)31-3/h4-5,7-12,17H,6,13-16H2,1-3H3,(H,25,28). The van der Waals surface area contributed by atoms with Gasteiger partial charge in [-0.1, -0.05) is 12.1 Å². The molecule has 3 amide bonds. The monoisotopic (exact) mass is 455 g/mol. The minimum Gasteiger partial charge on any atom is -0.496 e. The zero-order valence-corrected chi connectivity index (χ0v) is 19.5. The Kier molecular flexibility index (Phi) is 8.16. The molecule has 7 nitrogen and oxygen atoms in total. The fraction of sp³-hybridized carbons (Fsp3) is 0.375. The van der Waals surface area contributed by atoms with Gasteiger partial charge in [0.05, 0.1) is 17.9 Å². The lowest BCUT2D eigenvalue weighted by molar-refractivity contribution is -0.130. The molecule has 1 atom stereocenters. The first-order valence-corrected chi connectivity index (χ1v) is 11.5. The number of benzene rings is 2. The Morgan fingerprint density at radius 1 is 0.969 bits per heavy atom. The highest BCUT2D eigenvalue weighted by molar-refractivity contribution is 8.00. The smallest absolute Gasteiger partial charge is 0.257 e. The highest BCUT2D eigenvalue weighted by Gasteiger charge is 2.27. The number of carbonyl (C=O) groups excluding carboxylic acids is 3. The first kappa shape index (κ1) is 23.7. The summed E-state index contributed by atoms with van der Waals surface area (Å²) in [5.74, 6) is 0.434. The van der Waals surface area contributed by atoms with Gasteiger partial charge in [-0.15, -0.1) is 11.8 Å². The van der Waals surface area contributed by atoms with E-state index in [0.29, 0.717) is 37.5 Å². The first-order chi connectivity index (χ1) is 15.4. The molecular formula is C24H29N3O4S. The Morgan fingerprint density at radius 3 is 2.31 bits per heavy atom. The second-order valence-corrected chi connectivity index (χ2v) is 9.05. The van der Waals surface area contributed by atoms with Gasteiger partial charge in [0.1, 0.15) is 5.75 Å². The average molecular weight is 456 g/mol. The van der Waals surface area contributed by atoms with Crippen LogP contribution >= 0.6 is 11.8 Å². The quantitative estimate of drug-likeness (QED) is 0.675. The first-order valence-electron chi connectivity index (χ1n) is 10.6. The minimum absolute atomic E-state index is 0.0625. The third-order valence-corrected chi connectivity index (χ3v) is 6.37. The van der Waals surface area contributed by atoms with E-state index in [2.05, 4.69) is 5.32 Å². The van der Waals surface area contributed by atoms with Crippen LogP contribution in [0.15, 0.2) is 53.4 Å². The van der Waals surface area contributed by atoms with E-state index in [4.69, 9.17) is 4.74 Å². The fourth-order valence-corrected chi connectivity index (χ4v) is 4.62. The van der Waals surface area contributed by atoms with Crippen molar-refractivity contribution in [1.82, 2.24) is 9.80 Å². The van der Waals surface area contributed by atoms with Crippen molar-refractivity contribution in [3.63, 3.8) is 0 Å². The number of thioether (sulfide) groups is 1. The third kappa shape index (κ3) is 6.03. The van der Waals surface area contributed by atoms with Gasteiger partial charge in [0.2, 0.25) is 11.8 Å². The summed E-state index contributed by atoms with van der Waals surface area (Å²) < 4.78 is 5.33. The zero-order chi connectivity index (χ0) is 23.1. The summed E-state index contributed by atoms with van der Waals surface area (Å²) in [5, 5.41) is 2.48. The Labute approximate surface area is 193 Å². The third-order valence-electron chi connectivity index (χ3n) is 5.27. The van der Waals surface area contributed by atoms with Crippen LogP contribution in [-0.2, 0) is 9.59 Å². The number of carbonyl (C=O) groups is 3. The number of para-hydroxylation sites is 1. The van der Waals surface area contributed by atoms with Crippen LogP contribution in [-0.4, -0.2) is 66.1 Å². The molecule has 1 aliphatic heterocycles. The van der Waals surface area contributed by atoms with Crippen molar-refractivity contribution in [2.45, 2.75) is 30.4 Å². The highest BCUT2D eigenvalue weighted by atomic mass is 32.2. The molecule has 1 unspecified atom stereocenters. The van der Waals surface area contributed by atoms with Crippen molar-refractivity contribution in [2.75, 3.05) is 38.6 Å². The van der Waals surface area contributed by atoms with Gasteiger partial charge in [-0.3, -0.25) is 14.4 Å². The van der Waals surface area contributed by atoms with Crippen LogP contribution < -0.4 is 10.1 Å². The summed E-state index contributed by atoms with van der Waals surface area (Å²) in [6.45, 7) is 5.60. The molecule has 8 heteroatoms. The van der Waals surface area contributed by atoms with E-state index in [0.717, 1.165) is 17.0 Å². The van der Waals surface area contributed by atoms with Crippen LogP contribution in [0.4, 0.5) is 5.69 Å². The van der Waals surface area contributed by atoms with Gasteiger partial charge in [0, 0.05) is 43.7 Å². The molecule has 1 heterocycles. The molecule has 1 fully saturated rings. The molecular weight excluding hydrogens is 426 g/mol. The van der Waals surface area contributed by atoms with Crippen molar-refractivity contribution in [3.8, 4) is 5.75 Å². The second-order valence-electron chi connectivity index (χ2n) is 7.64. The SMILES string of the molecule is COc1ccccc1C(=O)N1CCCN(C(=O)C(C)Sc2ccc(NC(C)=O)cc2)CC1. The van der Waals surface area contributed by atoms with E-state index in [1.807, 2.05) is 48.2 Å². The molecule has 3 rings (SSSR count).